The fourth-order valence-electron chi connectivity index (χ4n) is 0.595. The number of halogens is 3. The van der Waals surface area contributed by atoms with Gasteiger partial charge in [-0.25, -0.2) is 0 Å². The molecule has 0 aliphatic rings. The van der Waals surface area contributed by atoms with E-state index in [9.17, 15) is 0 Å². The van der Waals surface area contributed by atoms with Crippen molar-refractivity contribution in [1.82, 2.24) is 0 Å². The van der Waals surface area contributed by atoms with E-state index in [-0.39, 0.29) is 12.4 Å². The van der Waals surface area contributed by atoms with E-state index in [2.05, 4.69) is 4.84 Å². The molecule has 2 N–H and O–H groups in total. The highest BCUT2D eigenvalue weighted by atomic mass is 35.5. The van der Waals surface area contributed by atoms with Crippen LogP contribution in [0.2, 0.25) is 10.0 Å². The van der Waals surface area contributed by atoms with Gasteiger partial charge >= 0.3 is 0 Å². The molecule has 1 aromatic carbocycles. The second kappa shape index (κ2) is 4.67. The molecule has 0 unspecified atom stereocenters. The molecule has 11 heavy (non-hydrogen) atoms. The number of hydrogen-bond donors (Lipinski definition) is 1. The van der Waals surface area contributed by atoms with Crippen LogP contribution in [0, 0.1) is 0 Å². The predicted molar refractivity (Wildman–Crippen MR) is 48.5 cm³/mol. The van der Waals surface area contributed by atoms with E-state index in [1.165, 1.54) is 0 Å². The van der Waals surface area contributed by atoms with E-state index in [1.807, 2.05) is 0 Å². The fourth-order valence-corrected chi connectivity index (χ4v) is 1.08. The summed E-state index contributed by atoms with van der Waals surface area (Å²) in [5.41, 5.74) is 0. The Labute approximate surface area is 80.6 Å². The van der Waals surface area contributed by atoms with Gasteiger partial charge in [-0.2, -0.15) is 5.90 Å². The van der Waals surface area contributed by atoms with E-state index in [1.54, 1.807) is 18.2 Å². The number of para-hydroxylation sites is 1. The first kappa shape index (κ1) is 10.8. The molecule has 1 rings (SSSR count). The lowest BCUT2D eigenvalue weighted by Gasteiger charge is -2.01. The van der Waals surface area contributed by atoms with Gasteiger partial charge in [-0.3, -0.25) is 0 Å². The van der Waals surface area contributed by atoms with Crippen molar-refractivity contribution in [1.29, 1.82) is 0 Å². The van der Waals surface area contributed by atoms with Crippen LogP contribution < -0.4 is 10.7 Å². The summed E-state index contributed by atoms with van der Waals surface area (Å²) in [5.74, 6) is 5.19. The fraction of sp³-hybridized carbons (Fsp3) is 0. The second-order valence-corrected chi connectivity index (χ2v) is 2.48. The van der Waals surface area contributed by atoms with Crippen LogP contribution in [-0.2, 0) is 0 Å². The van der Waals surface area contributed by atoms with Gasteiger partial charge in [0.15, 0.2) is 5.75 Å². The van der Waals surface area contributed by atoms with Crippen molar-refractivity contribution < 1.29 is 4.84 Å². The topological polar surface area (TPSA) is 35.2 Å². The van der Waals surface area contributed by atoms with Crippen LogP contribution in [-0.4, -0.2) is 0 Å². The summed E-state index contributed by atoms with van der Waals surface area (Å²) in [5, 5.41) is 0.824. The zero-order valence-electron chi connectivity index (χ0n) is 5.38. The SMILES string of the molecule is Cl.NOc1c(Cl)cccc1Cl. The van der Waals surface area contributed by atoms with Crippen molar-refractivity contribution >= 4 is 35.6 Å². The average Bonchev–Trinajstić information content (AvgIpc) is 1.88. The highest BCUT2D eigenvalue weighted by Gasteiger charge is 2.03. The maximum absolute atomic E-state index is 5.64. The molecule has 0 heterocycles. The molecule has 0 aliphatic heterocycles. The molecule has 0 radical (unpaired) electrons. The Balaban J connectivity index is 0.000001000. The van der Waals surface area contributed by atoms with E-state index in [0.717, 1.165) is 0 Å². The Morgan fingerprint density at radius 3 is 1.91 bits per heavy atom. The van der Waals surface area contributed by atoms with Crippen LogP contribution in [0.5, 0.6) is 5.75 Å². The Bertz CT molecular complexity index is 221. The van der Waals surface area contributed by atoms with Crippen molar-refractivity contribution in [3.8, 4) is 5.75 Å². The predicted octanol–water partition coefficient (Wildman–Crippen LogP) is 2.67. The lowest BCUT2D eigenvalue weighted by molar-refractivity contribution is 0.335. The van der Waals surface area contributed by atoms with Gasteiger partial charge in [0, 0.05) is 0 Å². The van der Waals surface area contributed by atoms with Crippen LogP contribution in [0.1, 0.15) is 0 Å². The molecule has 0 atom stereocenters. The zero-order chi connectivity index (χ0) is 7.56. The van der Waals surface area contributed by atoms with Gasteiger partial charge in [0.2, 0.25) is 0 Å². The summed E-state index contributed by atoms with van der Waals surface area (Å²) in [7, 11) is 0. The molecule has 0 aromatic heterocycles. The van der Waals surface area contributed by atoms with Crippen molar-refractivity contribution in [3.63, 3.8) is 0 Å². The van der Waals surface area contributed by atoms with Gasteiger partial charge in [-0.15, -0.1) is 12.4 Å². The smallest absolute Gasteiger partial charge is 0.183 e. The summed E-state index contributed by atoms with van der Waals surface area (Å²) in [6, 6.07) is 5.01. The third-order valence-electron chi connectivity index (χ3n) is 1.04. The molecule has 1 aromatic rings. The molecule has 0 aliphatic carbocycles. The van der Waals surface area contributed by atoms with E-state index in [0.29, 0.717) is 15.8 Å². The van der Waals surface area contributed by atoms with Crippen LogP contribution >= 0.6 is 35.6 Å². The maximum Gasteiger partial charge on any atom is 0.183 e. The average molecular weight is 214 g/mol. The molecular weight excluding hydrogens is 208 g/mol. The Hall–Kier alpha value is -0.150. The van der Waals surface area contributed by atoms with Crippen molar-refractivity contribution in [2.45, 2.75) is 0 Å². The molecule has 0 amide bonds. The van der Waals surface area contributed by atoms with Gasteiger partial charge in [0.25, 0.3) is 0 Å². The Morgan fingerprint density at radius 2 is 1.64 bits per heavy atom. The molecule has 5 heteroatoms. The second-order valence-electron chi connectivity index (χ2n) is 1.67. The highest BCUT2D eigenvalue weighted by molar-refractivity contribution is 6.37. The van der Waals surface area contributed by atoms with Gasteiger partial charge < -0.3 is 4.84 Å². The maximum atomic E-state index is 5.64. The first-order chi connectivity index (χ1) is 4.75. The monoisotopic (exact) mass is 213 g/mol. The highest BCUT2D eigenvalue weighted by Crippen LogP contribution is 2.30. The van der Waals surface area contributed by atoms with Gasteiger partial charge in [0.05, 0.1) is 10.0 Å². The van der Waals surface area contributed by atoms with Crippen LogP contribution in [0.3, 0.4) is 0 Å². The zero-order valence-corrected chi connectivity index (χ0v) is 7.71. The largest absolute Gasteiger partial charge is 0.408 e. The summed E-state index contributed by atoms with van der Waals surface area (Å²) >= 11 is 11.3. The molecule has 0 fully saturated rings. The minimum Gasteiger partial charge on any atom is -0.408 e. The molecule has 0 saturated heterocycles. The Morgan fingerprint density at radius 1 is 1.18 bits per heavy atom. The number of rotatable bonds is 1. The minimum atomic E-state index is 0. The van der Waals surface area contributed by atoms with E-state index >= 15 is 0 Å². The number of benzene rings is 1. The summed E-state index contributed by atoms with van der Waals surface area (Å²) < 4.78 is 0. The quantitative estimate of drug-likeness (QED) is 0.730. The van der Waals surface area contributed by atoms with Gasteiger partial charge in [-0.1, -0.05) is 29.3 Å². The van der Waals surface area contributed by atoms with Gasteiger partial charge in [-0.05, 0) is 12.1 Å². The molecule has 62 valence electrons. The van der Waals surface area contributed by atoms with Crippen LogP contribution in [0.15, 0.2) is 18.2 Å². The number of nitrogens with two attached hydrogens (primary N) is 1. The third-order valence-corrected chi connectivity index (χ3v) is 1.63. The first-order valence-electron chi connectivity index (χ1n) is 2.56. The lowest BCUT2D eigenvalue weighted by atomic mass is 10.3. The molecule has 0 bridgehead atoms. The minimum absolute atomic E-state index is 0. The normalized spacial score (nSPS) is 8.64. The van der Waals surface area contributed by atoms with E-state index < -0.39 is 0 Å². The van der Waals surface area contributed by atoms with Crippen molar-refractivity contribution in [2.24, 2.45) is 5.90 Å². The summed E-state index contributed by atoms with van der Waals surface area (Å²) in [4.78, 5) is 4.41. The van der Waals surface area contributed by atoms with Crippen LogP contribution in [0.25, 0.3) is 0 Å². The number of hydrogen-bond acceptors (Lipinski definition) is 2. The molecule has 2 nitrogen and oxygen atoms in total. The standard InChI is InChI=1S/C6H5Cl2NO.ClH/c7-4-2-1-3-5(8)6(4)10-9;/h1-3H,9H2;1H. The van der Waals surface area contributed by atoms with Gasteiger partial charge in [0.1, 0.15) is 0 Å². The van der Waals surface area contributed by atoms with Crippen molar-refractivity contribution in [3.05, 3.63) is 28.2 Å². The summed E-state index contributed by atoms with van der Waals surface area (Å²) in [6.07, 6.45) is 0. The van der Waals surface area contributed by atoms with Crippen LogP contribution in [0.4, 0.5) is 0 Å². The molecule has 0 spiro atoms. The first-order valence-corrected chi connectivity index (χ1v) is 3.32. The molecular formula is C6H6Cl3NO. The Kier molecular flexibility index (Phi) is 4.61. The van der Waals surface area contributed by atoms with E-state index in [4.69, 9.17) is 29.1 Å². The summed E-state index contributed by atoms with van der Waals surface area (Å²) in [6.45, 7) is 0. The third kappa shape index (κ3) is 2.42. The van der Waals surface area contributed by atoms with Crippen molar-refractivity contribution in [2.75, 3.05) is 0 Å². The lowest BCUT2D eigenvalue weighted by Crippen LogP contribution is -2.02. The molecule has 0 saturated carbocycles.